The molecule has 98 valence electrons. The first-order valence-electron chi connectivity index (χ1n) is 6.05. The first kappa shape index (κ1) is 14.6. The molecule has 3 nitrogen and oxygen atoms in total. The summed E-state index contributed by atoms with van der Waals surface area (Å²) in [7, 11) is 0. The first-order valence-corrected chi connectivity index (χ1v) is 6.46. The van der Waals surface area contributed by atoms with Crippen LogP contribution < -0.4 is 5.32 Å². The van der Waals surface area contributed by atoms with Gasteiger partial charge in [-0.25, -0.2) is 4.79 Å². The lowest BCUT2D eigenvalue weighted by molar-refractivity contribution is -0.139. The number of hydrogen-bond donors (Lipinski definition) is 2. The summed E-state index contributed by atoms with van der Waals surface area (Å²) in [6, 6.07) is 8.91. The van der Waals surface area contributed by atoms with Gasteiger partial charge in [-0.2, -0.15) is 0 Å². The number of benzene rings is 1. The predicted octanol–water partition coefficient (Wildman–Crippen LogP) is 2.65. The van der Waals surface area contributed by atoms with Crippen molar-refractivity contribution in [1.29, 1.82) is 0 Å². The maximum atomic E-state index is 11.2. The van der Waals surface area contributed by atoms with Crippen LogP contribution in [0.5, 0.6) is 0 Å². The van der Waals surface area contributed by atoms with Crippen molar-refractivity contribution in [2.75, 3.05) is 0 Å². The molecule has 0 aromatic heterocycles. The third kappa shape index (κ3) is 5.27. The van der Waals surface area contributed by atoms with E-state index in [1.807, 2.05) is 30.3 Å². The highest BCUT2D eigenvalue weighted by Gasteiger charge is 2.18. The number of carbonyl (C=O) groups is 1. The third-order valence-electron chi connectivity index (χ3n) is 2.51. The Balaban J connectivity index is 2.61. The maximum absolute atomic E-state index is 11.2. The van der Waals surface area contributed by atoms with Gasteiger partial charge in [-0.15, -0.1) is 0 Å². The molecule has 18 heavy (non-hydrogen) atoms. The minimum absolute atomic E-state index is 0.427. The van der Waals surface area contributed by atoms with Crippen molar-refractivity contribution < 1.29 is 9.90 Å². The molecule has 1 unspecified atom stereocenters. The molecular formula is C14H19NO2S. The van der Waals surface area contributed by atoms with E-state index in [9.17, 15) is 9.90 Å². The molecule has 0 aliphatic rings. The lowest BCUT2D eigenvalue weighted by atomic mass is 10.1. The molecule has 4 heteroatoms. The van der Waals surface area contributed by atoms with Crippen molar-refractivity contribution in [3.05, 3.63) is 35.9 Å². The summed E-state index contributed by atoms with van der Waals surface area (Å²) in [5.41, 5.74) is 0.991. The van der Waals surface area contributed by atoms with E-state index in [1.165, 1.54) is 0 Å². The highest BCUT2D eigenvalue weighted by atomic mass is 32.1. The summed E-state index contributed by atoms with van der Waals surface area (Å²) >= 11 is 5.17. The topological polar surface area (TPSA) is 49.3 Å². The minimum Gasteiger partial charge on any atom is -0.480 e. The van der Waals surface area contributed by atoms with Crippen LogP contribution in [0.4, 0.5) is 0 Å². The number of rotatable bonds is 6. The Bertz CT molecular complexity index is 404. The predicted molar refractivity (Wildman–Crippen MR) is 76.8 cm³/mol. The lowest BCUT2D eigenvalue weighted by Crippen LogP contribution is -2.41. The van der Waals surface area contributed by atoms with E-state index in [0.29, 0.717) is 23.7 Å². The van der Waals surface area contributed by atoms with Gasteiger partial charge in [-0.1, -0.05) is 56.4 Å². The Kier molecular flexibility index (Phi) is 5.78. The van der Waals surface area contributed by atoms with Crippen LogP contribution in [0, 0.1) is 5.92 Å². The molecular weight excluding hydrogens is 246 g/mol. The van der Waals surface area contributed by atoms with Crippen LogP contribution in [-0.4, -0.2) is 22.1 Å². The van der Waals surface area contributed by atoms with Gasteiger partial charge in [0.2, 0.25) is 0 Å². The largest absolute Gasteiger partial charge is 0.480 e. The van der Waals surface area contributed by atoms with Gasteiger partial charge in [0.1, 0.15) is 6.04 Å². The smallest absolute Gasteiger partial charge is 0.326 e. The van der Waals surface area contributed by atoms with Crippen LogP contribution >= 0.6 is 12.2 Å². The molecule has 1 aromatic rings. The number of thiocarbonyl (C=S) groups is 1. The molecule has 0 fully saturated rings. The molecule has 0 aliphatic heterocycles. The molecule has 0 amide bonds. The fourth-order valence-electron chi connectivity index (χ4n) is 1.67. The summed E-state index contributed by atoms with van der Waals surface area (Å²) in [5.74, 6) is -0.443. The highest BCUT2D eigenvalue weighted by Crippen LogP contribution is 2.06. The van der Waals surface area contributed by atoms with Crippen LogP contribution in [0.25, 0.3) is 0 Å². The van der Waals surface area contributed by atoms with E-state index in [0.717, 1.165) is 5.56 Å². The molecule has 1 aromatic carbocycles. The van der Waals surface area contributed by atoms with Gasteiger partial charge in [0, 0.05) is 12.8 Å². The first-order chi connectivity index (χ1) is 8.49. The van der Waals surface area contributed by atoms with Crippen LogP contribution in [0.3, 0.4) is 0 Å². The Morgan fingerprint density at radius 3 is 2.44 bits per heavy atom. The number of carboxylic acids is 1. The zero-order chi connectivity index (χ0) is 13.5. The number of aliphatic carboxylic acids is 1. The van der Waals surface area contributed by atoms with Gasteiger partial charge in [-0.3, -0.25) is 0 Å². The fourth-order valence-corrected chi connectivity index (χ4v) is 2.15. The summed E-state index contributed by atoms with van der Waals surface area (Å²) in [4.78, 5) is 11.8. The molecule has 0 aliphatic carbocycles. The second kappa shape index (κ2) is 7.11. The Labute approximate surface area is 113 Å². The summed E-state index contributed by atoms with van der Waals surface area (Å²) < 4.78 is 0. The van der Waals surface area contributed by atoms with Gasteiger partial charge in [0.05, 0.1) is 4.99 Å². The van der Waals surface area contributed by atoms with E-state index in [-0.39, 0.29) is 0 Å². The molecule has 0 radical (unpaired) electrons. The zero-order valence-corrected chi connectivity index (χ0v) is 11.5. The average Bonchev–Trinajstić information content (AvgIpc) is 2.28. The van der Waals surface area contributed by atoms with Crippen molar-refractivity contribution in [3.63, 3.8) is 0 Å². The standard InChI is InChI=1S/C14H19NO2S/c1-10(2)8-13(18)15-12(14(16)17)9-11-6-4-3-5-7-11/h3-7,10,12H,8-9H2,1-2H3,(H,15,18)(H,16,17). The average molecular weight is 265 g/mol. The van der Waals surface area contributed by atoms with Crippen LogP contribution in [0.1, 0.15) is 25.8 Å². The Morgan fingerprint density at radius 1 is 1.33 bits per heavy atom. The summed E-state index contributed by atoms with van der Waals surface area (Å²) in [6.07, 6.45) is 1.16. The summed E-state index contributed by atoms with van der Waals surface area (Å²) in [5, 5.41) is 12.1. The molecule has 1 atom stereocenters. The van der Waals surface area contributed by atoms with Crippen LogP contribution in [-0.2, 0) is 11.2 Å². The second-order valence-electron chi connectivity index (χ2n) is 4.75. The number of hydrogen-bond acceptors (Lipinski definition) is 2. The van der Waals surface area contributed by atoms with E-state index >= 15 is 0 Å². The number of nitrogens with one attached hydrogen (secondary N) is 1. The monoisotopic (exact) mass is 265 g/mol. The van der Waals surface area contributed by atoms with Gasteiger partial charge in [0.25, 0.3) is 0 Å². The zero-order valence-electron chi connectivity index (χ0n) is 10.7. The van der Waals surface area contributed by atoms with Crippen molar-refractivity contribution >= 4 is 23.2 Å². The Hall–Kier alpha value is -1.42. The molecule has 0 bridgehead atoms. The summed E-state index contributed by atoms with van der Waals surface area (Å²) in [6.45, 7) is 4.11. The van der Waals surface area contributed by atoms with Crippen LogP contribution in [0.15, 0.2) is 30.3 Å². The van der Waals surface area contributed by atoms with Crippen molar-refractivity contribution in [1.82, 2.24) is 5.32 Å². The minimum atomic E-state index is -0.870. The van der Waals surface area contributed by atoms with Gasteiger partial charge >= 0.3 is 5.97 Å². The SMILES string of the molecule is CC(C)CC(=S)NC(Cc1ccccc1)C(=O)O. The van der Waals surface area contributed by atoms with E-state index in [2.05, 4.69) is 19.2 Å². The van der Waals surface area contributed by atoms with E-state index in [4.69, 9.17) is 12.2 Å². The van der Waals surface area contributed by atoms with Crippen molar-refractivity contribution in [2.24, 2.45) is 5.92 Å². The molecule has 2 N–H and O–H groups in total. The fraction of sp³-hybridized carbons (Fsp3) is 0.429. The quantitative estimate of drug-likeness (QED) is 0.776. The third-order valence-corrected chi connectivity index (χ3v) is 2.79. The van der Waals surface area contributed by atoms with Crippen molar-refractivity contribution in [2.45, 2.75) is 32.7 Å². The molecule has 0 saturated carbocycles. The maximum Gasteiger partial charge on any atom is 0.326 e. The van der Waals surface area contributed by atoms with E-state index in [1.54, 1.807) is 0 Å². The van der Waals surface area contributed by atoms with Gasteiger partial charge < -0.3 is 10.4 Å². The second-order valence-corrected chi connectivity index (χ2v) is 5.24. The van der Waals surface area contributed by atoms with E-state index < -0.39 is 12.0 Å². The van der Waals surface area contributed by atoms with Gasteiger partial charge in [-0.05, 0) is 11.5 Å². The number of carboxylic acid groups (broad SMARTS) is 1. The van der Waals surface area contributed by atoms with Crippen LogP contribution in [0.2, 0.25) is 0 Å². The van der Waals surface area contributed by atoms with Crippen molar-refractivity contribution in [3.8, 4) is 0 Å². The highest BCUT2D eigenvalue weighted by molar-refractivity contribution is 7.80. The molecule has 0 saturated heterocycles. The van der Waals surface area contributed by atoms with Gasteiger partial charge in [0.15, 0.2) is 0 Å². The molecule has 1 rings (SSSR count). The normalized spacial score (nSPS) is 12.2. The molecule has 0 spiro atoms. The molecule has 0 heterocycles. The Morgan fingerprint density at radius 2 is 1.94 bits per heavy atom. The lowest BCUT2D eigenvalue weighted by Gasteiger charge is -2.17.